The second kappa shape index (κ2) is 9.57. The van der Waals surface area contributed by atoms with Gasteiger partial charge in [-0.15, -0.1) is 10.2 Å². The van der Waals surface area contributed by atoms with E-state index in [9.17, 15) is 4.79 Å². The maximum atomic E-state index is 12.5. The Morgan fingerprint density at radius 3 is 2.45 bits per heavy atom. The molecule has 0 saturated heterocycles. The topological polar surface area (TPSA) is 72.7 Å². The van der Waals surface area contributed by atoms with Crippen molar-refractivity contribution in [1.29, 1.82) is 0 Å². The molecule has 0 atom stereocenters. The summed E-state index contributed by atoms with van der Waals surface area (Å²) in [6.45, 7) is 4.29. The molecular formula is C24H23N5OS. The number of hydrogen-bond donors (Lipinski definition) is 1. The van der Waals surface area contributed by atoms with Crippen molar-refractivity contribution in [2.24, 2.45) is 0 Å². The molecule has 7 heteroatoms. The van der Waals surface area contributed by atoms with Crippen LogP contribution in [0.4, 0.5) is 5.69 Å². The minimum Gasteiger partial charge on any atom is -0.325 e. The zero-order chi connectivity index (χ0) is 21.6. The van der Waals surface area contributed by atoms with Crippen LogP contribution in [0.3, 0.4) is 0 Å². The van der Waals surface area contributed by atoms with Crippen LogP contribution in [0.15, 0.2) is 84.3 Å². The summed E-state index contributed by atoms with van der Waals surface area (Å²) in [5.74, 6) is 1.28. The lowest BCUT2D eigenvalue weighted by Gasteiger charge is -2.11. The van der Waals surface area contributed by atoms with E-state index in [-0.39, 0.29) is 11.7 Å². The zero-order valence-electron chi connectivity index (χ0n) is 17.4. The van der Waals surface area contributed by atoms with E-state index in [0.29, 0.717) is 16.9 Å². The second-order valence-corrected chi connectivity index (χ2v) is 8.27. The summed E-state index contributed by atoms with van der Waals surface area (Å²) >= 11 is 1.35. The van der Waals surface area contributed by atoms with E-state index in [0.717, 1.165) is 16.9 Å². The van der Waals surface area contributed by atoms with Gasteiger partial charge >= 0.3 is 0 Å². The number of nitrogens with zero attached hydrogens (tertiary/aromatic N) is 4. The first-order valence-corrected chi connectivity index (χ1v) is 11.0. The molecule has 6 nitrogen and oxygen atoms in total. The molecule has 0 saturated carbocycles. The van der Waals surface area contributed by atoms with Crippen LogP contribution >= 0.6 is 11.8 Å². The van der Waals surface area contributed by atoms with Crippen LogP contribution in [-0.4, -0.2) is 31.4 Å². The van der Waals surface area contributed by atoms with Crippen LogP contribution in [0.1, 0.15) is 25.3 Å². The fraction of sp³-hybridized carbons (Fsp3) is 0.167. The highest BCUT2D eigenvalue weighted by atomic mass is 32.2. The molecule has 4 rings (SSSR count). The van der Waals surface area contributed by atoms with Gasteiger partial charge in [0.15, 0.2) is 11.0 Å². The fourth-order valence-electron chi connectivity index (χ4n) is 3.13. The fourth-order valence-corrected chi connectivity index (χ4v) is 3.89. The first-order chi connectivity index (χ1) is 15.1. The Morgan fingerprint density at radius 1 is 1.00 bits per heavy atom. The van der Waals surface area contributed by atoms with E-state index in [2.05, 4.69) is 34.3 Å². The summed E-state index contributed by atoms with van der Waals surface area (Å²) in [7, 11) is 0. The third-order valence-electron chi connectivity index (χ3n) is 4.76. The standard InChI is InChI=1S/C24H23N5OS/c1-17(2)18-10-12-20(13-11-18)26-22(30)16-31-24-28-27-23(19-7-6-14-25-15-19)29(24)21-8-4-3-5-9-21/h3-15,17H,16H2,1-2H3,(H,26,30). The Balaban J connectivity index is 1.52. The molecule has 156 valence electrons. The van der Waals surface area contributed by atoms with Crippen molar-refractivity contribution < 1.29 is 4.79 Å². The molecule has 0 aliphatic rings. The predicted octanol–water partition coefficient (Wildman–Crippen LogP) is 5.18. The molecule has 0 fully saturated rings. The SMILES string of the molecule is CC(C)c1ccc(NC(=O)CSc2nnc(-c3cccnc3)n2-c2ccccc2)cc1. The van der Waals surface area contributed by atoms with E-state index in [1.807, 2.05) is 71.3 Å². The summed E-state index contributed by atoms with van der Waals surface area (Å²) in [6, 6.07) is 21.6. The lowest BCUT2D eigenvalue weighted by Crippen LogP contribution is -2.14. The highest BCUT2D eigenvalue weighted by Gasteiger charge is 2.17. The van der Waals surface area contributed by atoms with Crippen LogP contribution in [0.5, 0.6) is 0 Å². The van der Waals surface area contributed by atoms with Gasteiger partial charge in [0.25, 0.3) is 0 Å². The Bertz CT molecular complexity index is 1140. The summed E-state index contributed by atoms with van der Waals surface area (Å²) in [4.78, 5) is 16.7. The largest absolute Gasteiger partial charge is 0.325 e. The number of benzene rings is 2. The van der Waals surface area contributed by atoms with Crippen LogP contribution in [0, 0.1) is 0 Å². The molecule has 2 aromatic carbocycles. The highest BCUT2D eigenvalue weighted by Crippen LogP contribution is 2.27. The average molecular weight is 430 g/mol. The molecular weight excluding hydrogens is 406 g/mol. The monoisotopic (exact) mass is 429 g/mol. The van der Waals surface area contributed by atoms with Gasteiger partial charge in [-0.25, -0.2) is 0 Å². The van der Waals surface area contributed by atoms with E-state index < -0.39 is 0 Å². The molecule has 0 aliphatic heterocycles. The molecule has 0 spiro atoms. The zero-order valence-corrected chi connectivity index (χ0v) is 18.2. The van der Waals surface area contributed by atoms with Gasteiger partial charge in [-0.05, 0) is 47.9 Å². The molecule has 0 bridgehead atoms. The third kappa shape index (κ3) is 5.00. The molecule has 2 aromatic heterocycles. The normalized spacial score (nSPS) is 10.9. The van der Waals surface area contributed by atoms with Crippen molar-refractivity contribution in [3.8, 4) is 17.1 Å². The van der Waals surface area contributed by atoms with Crippen molar-refractivity contribution in [3.05, 3.63) is 84.7 Å². The van der Waals surface area contributed by atoms with Gasteiger partial charge in [-0.3, -0.25) is 14.3 Å². The van der Waals surface area contributed by atoms with Gasteiger partial charge in [0.2, 0.25) is 5.91 Å². The number of para-hydroxylation sites is 1. The number of rotatable bonds is 7. The van der Waals surface area contributed by atoms with E-state index in [1.165, 1.54) is 17.3 Å². The van der Waals surface area contributed by atoms with Crippen molar-refractivity contribution in [2.75, 3.05) is 11.1 Å². The third-order valence-corrected chi connectivity index (χ3v) is 5.69. The molecule has 0 aliphatic carbocycles. The molecule has 4 aromatic rings. The number of aromatic nitrogens is 4. The number of pyridine rings is 1. The first kappa shape index (κ1) is 20.8. The van der Waals surface area contributed by atoms with Gasteiger partial charge in [-0.2, -0.15) is 0 Å². The summed E-state index contributed by atoms with van der Waals surface area (Å²) in [6.07, 6.45) is 3.48. The predicted molar refractivity (Wildman–Crippen MR) is 124 cm³/mol. The van der Waals surface area contributed by atoms with Gasteiger partial charge in [0, 0.05) is 29.3 Å². The summed E-state index contributed by atoms with van der Waals surface area (Å²) < 4.78 is 1.95. The average Bonchev–Trinajstić information content (AvgIpc) is 3.23. The Hall–Kier alpha value is -3.45. The summed E-state index contributed by atoms with van der Waals surface area (Å²) in [5, 5.41) is 12.3. The number of amides is 1. The number of carbonyl (C=O) groups is 1. The van der Waals surface area contributed by atoms with Crippen LogP contribution < -0.4 is 5.32 Å². The number of hydrogen-bond acceptors (Lipinski definition) is 5. The van der Waals surface area contributed by atoms with Crippen molar-refractivity contribution in [2.45, 2.75) is 24.9 Å². The number of anilines is 1. The lowest BCUT2D eigenvalue weighted by atomic mass is 10.0. The first-order valence-electron chi connectivity index (χ1n) is 10.1. The minimum absolute atomic E-state index is 0.0900. The van der Waals surface area contributed by atoms with Crippen LogP contribution in [0.2, 0.25) is 0 Å². The molecule has 1 N–H and O–H groups in total. The lowest BCUT2D eigenvalue weighted by molar-refractivity contribution is -0.113. The van der Waals surface area contributed by atoms with Crippen LogP contribution in [-0.2, 0) is 4.79 Å². The van der Waals surface area contributed by atoms with Gasteiger partial charge in [0.05, 0.1) is 5.75 Å². The molecule has 1 amide bonds. The van der Waals surface area contributed by atoms with E-state index in [4.69, 9.17) is 0 Å². The molecule has 0 radical (unpaired) electrons. The van der Waals surface area contributed by atoms with Crippen molar-refractivity contribution in [3.63, 3.8) is 0 Å². The maximum absolute atomic E-state index is 12.5. The van der Waals surface area contributed by atoms with E-state index >= 15 is 0 Å². The Labute approximate surface area is 185 Å². The second-order valence-electron chi connectivity index (χ2n) is 7.33. The van der Waals surface area contributed by atoms with Crippen LogP contribution in [0.25, 0.3) is 17.1 Å². The quantitative estimate of drug-likeness (QED) is 0.410. The molecule has 31 heavy (non-hydrogen) atoms. The molecule has 2 heterocycles. The summed E-state index contributed by atoms with van der Waals surface area (Å²) in [5.41, 5.74) is 3.82. The minimum atomic E-state index is -0.0900. The van der Waals surface area contributed by atoms with Crippen molar-refractivity contribution >= 4 is 23.4 Å². The number of thioether (sulfide) groups is 1. The molecule has 0 unspecified atom stereocenters. The maximum Gasteiger partial charge on any atom is 0.234 e. The smallest absolute Gasteiger partial charge is 0.234 e. The van der Waals surface area contributed by atoms with Gasteiger partial charge in [0.1, 0.15) is 0 Å². The van der Waals surface area contributed by atoms with Gasteiger partial charge < -0.3 is 5.32 Å². The number of carbonyl (C=O) groups excluding carboxylic acids is 1. The van der Waals surface area contributed by atoms with Gasteiger partial charge in [-0.1, -0.05) is 55.9 Å². The highest BCUT2D eigenvalue weighted by molar-refractivity contribution is 7.99. The Morgan fingerprint density at radius 2 is 1.77 bits per heavy atom. The Kier molecular flexibility index (Phi) is 6.43. The van der Waals surface area contributed by atoms with E-state index in [1.54, 1.807) is 12.4 Å². The number of nitrogens with one attached hydrogen (secondary N) is 1. The van der Waals surface area contributed by atoms with Crippen molar-refractivity contribution in [1.82, 2.24) is 19.7 Å².